The van der Waals surface area contributed by atoms with E-state index in [2.05, 4.69) is 0 Å². The lowest BCUT2D eigenvalue weighted by Crippen LogP contribution is -2.36. The highest BCUT2D eigenvalue weighted by Gasteiger charge is 2.35. The lowest BCUT2D eigenvalue weighted by molar-refractivity contribution is -0.163. The Bertz CT molecular complexity index is 580. The van der Waals surface area contributed by atoms with Gasteiger partial charge >= 0.3 is 11.9 Å². The summed E-state index contributed by atoms with van der Waals surface area (Å²) >= 11 is 0. The molecule has 1 aliphatic heterocycles. The van der Waals surface area contributed by atoms with E-state index in [1.165, 1.54) is 0 Å². The average molecular weight is 319 g/mol. The summed E-state index contributed by atoms with van der Waals surface area (Å²) in [5.41, 5.74) is 1.92. The molecule has 2 rings (SSSR count). The highest BCUT2D eigenvalue weighted by molar-refractivity contribution is 6.03. The summed E-state index contributed by atoms with van der Waals surface area (Å²) in [7, 11) is 0. The molecule has 1 aliphatic rings. The van der Waals surface area contributed by atoms with E-state index in [1.54, 1.807) is 18.7 Å². The average Bonchev–Trinajstić information content (AvgIpc) is 2.96. The molecule has 1 heterocycles. The van der Waals surface area contributed by atoms with E-state index in [-0.39, 0.29) is 25.5 Å². The fourth-order valence-corrected chi connectivity index (χ4v) is 2.63. The van der Waals surface area contributed by atoms with Crippen LogP contribution in [0.4, 0.5) is 5.69 Å². The third kappa shape index (κ3) is 3.88. The van der Waals surface area contributed by atoms with Crippen LogP contribution in [0.3, 0.4) is 0 Å². The minimum Gasteiger partial charge on any atom is -0.465 e. The Kier molecular flexibility index (Phi) is 5.73. The summed E-state index contributed by atoms with van der Waals surface area (Å²) in [6, 6.07) is 7.62. The molecule has 0 spiro atoms. The summed E-state index contributed by atoms with van der Waals surface area (Å²) in [5.74, 6) is -2.92. The molecule has 6 nitrogen and oxygen atoms in total. The molecule has 0 aliphatic carbocycles. The van der Waals surface area contributed by atoms with Gasteiger partial charge in [-0.1, -0.05) is 18.2 Å². The van der Waals surface area contributed by atoms with E-state index in [0.29, 0.717) is 6.54 Å². The summed E-state index contributed by atoms with van der Waals surface area (Å²) in [4.78, 5) is 38.1. The van der Waals surface area contributed by atoms with Gasteiger partial charge in [-0.3, -0.25) is 14.4 Å². The Balaban J connectivity index is 2.11. The van der Waals surface area contributed by atoms with Gasteiger partial charge in [-0.05, 0) is 31.9 Å². The van der Waals surface area contributed by atoms with Gasteiger partial charge in [-0.15, -0.1) is 0 Å². The van der Waals surface area contributed by atoms with E-state index in [4.69, 9.17) is 9.47 Å². The number of fused-ring (bicyclic) bond motifs is 1. The quantitative estimate of drug-likeness (QED) is 0.589. The molecule has 124 valence electrons. The minimum absolute atomic E-state index is 0.148. The molecule has 6 heteroatoms. The van der Waals surface area contributed by atoms with Crippen LogP contribution in [-0.2, 0) is 30.3 Å². The van der Waals surface area contributed by atoms with Crippen LogP contribution in [0, 0.1) is 5.92 Å². The molecule has 0 N–H and O–H groups in total. The molecule has 23 heavy (non-hydrogen) atoms. The number of para-hydroxylation sites is 1. The SMILES string of the molecule is CCOC(=O)C(CC(=O)N1CCc2ccccc21)C(=O)OCC. The number of anilines is 1. The van der Waals surface area contributed by atoms with E-state index < -0.39 is 17.9 Å². The first-order chi connectivity index (χ1) is 11.1. The molecule has 1 amide bonds. The van der Waals surface area contributed by atoms with Gasteiger partial charge in [-0.2, -0.15) is 0 Å². The Morgan fingerprint density at radius 3 is 2.30 bits per heavy atom. The molecule has 0 radical (unpaired) electrons. The molecule has 0 unspecified atom stereocenters. The molecule has 0 aromatic heterocycles. The number of benzene rings is 1. The maximum atomic E-state index is 12.5. The van der Waals surface area contributed by atoms with Crippen molar-refractivity contribution < 1.29 is 23.9 Å². The van der Waals surface area contributed by atoms with Crippen molar-refractivity contribution in [1.29, 1.82) is 0 Å². The second-order valence-electron chi connectivity index (χ2n) is 5.18. The zero-order valence-electron chi connectivity index (χ0n) is 13.4. The molecule has 1 aromatic rings. The van der Waals surface area contributed by atoms with Gasteiger partial charge in [-0.25, -0.2) is 0 Å². The number of nitrogens with zero attached hydrogens (tertiary/aromatic N) is 1. The van der Waals surface area contributed by atoms with E-state index >= 15 is 0 Å². The predicted molar refractivity (Wildman–Crippen MR) is 83.9 cm³/mol. The fourth-order valence-electron chi connectivity index (χ4n) is 2.63. The molecule has 0 bridgehead atoms. The number of carbonyl (C=O) groups is 3. The monoisotopic (exact) mass is 319 g/mol. The second-order valence-corrected chi connectivity index (χ2v) is 5.18. The van der Waals surface area contributed by atoms with Crippen molar-refractivity contribution in [3.8, 4) is 0 Å². The van der Waals surface area contributed by atoms with E-state index in [1.807, 2.05) is 24.3 Å². The Morgan fingerprint density at radius 2 is 1.70 bits per heavy atom. The van der Waals surface area contributed by atoms with Gasteiger partial charge in [0, 0.05) is 12.2 Å². The van der Waals surface area contributed by atoms with E-state index in [9.17, 15) is 14.4 Å². The van der Waals surface area contributed by atoms with Crippen LogP contribution in [0.25, 0.3) is 0 Å². The van der Waals surface area contributed by atoms with E-state index in [0.717, 1.165) is 17.7 Å². The van der Waals surface area contributed by atoms with Gasteiger partial charge in [0.25, 0.3) is 0 Å². The van der Waals surface area contributed by atoms with Crippen molar-refractivity contribution in [2.24, 2.45) is 5.92 Å². The fraction of sp³-hybridized carbons (Fsp3) is 0.471. The van der Waals surface area contributed by atoms with Crippen LogP contribution in [0.1, 0.15) is 25.8 Å². The van der Waals surface area contributed by atoms with Crippen LogP contribution < -0.4 is 4.90 Å². The molecular formula is C17H21NO5. The smallest absolute Gasteiger partial charge is 0.320 e. The van der Waals surface area contributed by atoms with Gasteiger partial charge in [0.15, 0.2) is 5.92 Å². The van der Waals surface area contributed by atoms with Crippen LogP contribution in [0.5, 0.6) is 0 Å². The van der Waals surface area contributed by atoms with Crippen molar-refractivity contribution >= 4 is 23.5 Å². The van der Waals surface area contributed by atoms with Gasteiger partial charge in [0.2, 0.25) is 5.91 Å². The number of rotatable bonds is 6. The minimum atomic E-state index is -1.21. The summed E-state index contributed by atoms with van der Waals surface area (Å²) < 4.78 is 9.79. The van der Waals surface area contributed by atoms with Crippen LogP contribution >= 0.6 is 0 Å². The van der Waals surface area contributed by atoms with Crippen molar-refractivity contribution in [1.82, 2.24) is 0 Å². The standard InChI is InChI=1S/C17H21NO5/c1-3-22-16(20)13(17(21)23-4-2)11-15(19)18-10-9-12-7-5-6-8-14(12)18/h5-8,13H,3-4,9-11H2,1-2H3. The van der Waals surface area contributed by atoms with Crippen molar-refractivity contribution in [3.05, 3.63) is 29.8 Å². The molecule has 0 saturated carbocycles. The number of carbonyl (C=O) groups excluding carboxylic acids is 3. The first kappa shape index (κ1) is 17.0. The van der Waals surface area contributed by atoms with Crippen LogP contribution in [-0.4, -0.2) is 37.6 Å². The zero-order chi connectivity index (χ0) is 16.8. The lowest BCUT2D eigenvalue weighted by Gasteiger charge is -2.20. The maximum Gasteiger partial charge on any atom is 0.320 e. The van der Waals surface area contributed by atoms with Gasteiger partial charge in [0.05, 0.1) is 19.6 Å². The second kappa shape index (κ2) is 7.76. The normalized spacial score (nSPS) is 12.9. The summed E-state index contributed by atoms with van der Waals surface area (Å²) in [6.45, 7) is 4.15. The molecule has 0 fully saturated rings. The summed E-state index contributed by atoms with van der Waals surface area (Å²) in [5, 5.41) is 0. The number of esters is 2. The maximum absolute atomic E-state index is 12.5. The lowest BCUT2D eigenvalue weighted by atomic mass is 10.0. The molecule has 1 aromatic carbocycles. The molecule has 0 saturated heterocycles. The van der Waals surface area contributed by atoms with Crippen molar-refractivity contribution in [2.75, 3.05) is 24.7 Å². The highest BCUT2D eigenvalue weighted by Crippen LogP contribution is 2.28. The third-order valence-corrected chi connectivity index (χ3v) is 3.71. The van der Waals surface area contributed by atoms with Crippen LogP contribution in [0.15, 0.2) is 24.3 Å². The number of hydrogen-bond acceptors (Lipinski definition) is 5. The first-order valence-electron chi connectivity index (χ1n) is 7.80. The van der Waals surface area contributed by atoms with Gasteiger partial charge in [0.1, 0.15) is 0 Å². The number of amides is 1. The third-order valence-electron chi connectivity index (χ3n) is 3.71. The number of ether oxygens (including phenoxy) is 2. The zero-order valence-corrected chi connectivity index (χ0v) is 13.4. The Labute approximate surface area is 135 Å². The van der Waals surface area contributed by atoms with Crippen LogP contribution in [0.2, 0.25) is 0 Å². The topological polar surface area (TPSA) is 72.9 Å². The van der Waals surface area contributed by atoms with Crippen molar-refractivity contribution in [3.63, 3.8) is 0 Å². The summed E-state index contributed by atoms with van der Waals surface area (Å²) in [6.07, 6.45) is 0.525. The first-order valence-corrected chi connectivity index (χ1v) is 7.80. The van der Waals surface area contributed by atoms with Gasteiger partial charge < -0.3 is 14.4 Å². The van der Waals surface area contributed by atoms with Crippen molar-refractivity contribution in [2.45, 2.75) is 26.7 Å². The number of hydrogen-bond donors (Lipinski definition) is 0. The largest absolute Gasteiger partial charge is 0.465 e. The highest BCUT2D eigenvalue weighted by atomic mass is 16.6. The molecule has 0 atom stereocenters. The predicted octanol–water partition coefficient (Wildman–Crippen LogP) is 1.71. The Morgan fingerprint density at radius 1 is 1.09 bits per heavy atom. The molecular weight excluding hydrogens is 298 g/mol. The Hall–Kier alpha value is -2.37.